The van der Waals surface area contributed by atoms with Crippen molar-refractivity contribution in [2.75, 3.05) is 6.61 Å². The van der Waals surface area contributed by atoms with Gasteiger partial charge in [0.05, 0.1) is 12.6 Å². The van der Waals surface area contributed by atoms with Gasteiger partial charge in [0.2, 0.25) is 5.91 Å². The van der Waals surface area contributed by atoms with Crippen molar-refractivity contribution >= 4 is 5.91 Å². The molecule has 2 aliphatic rings. The van der Waals surface area contributed by atoms with Crippen molar-refractivity contribution in [1.29, 1.82) is 0 Å². The van der Waals surface area contributed by atoms with Gasteiger partial charge in [-0.3, -0.25) is 4.79 Å². The molecule has 2 fully saturated rings. The Morgan fingerprint density at radius 3 is 2.88 bits per heavy atom. The molecule has 3 rings (SSSR count). The molecule has 3 nitrogen and oxygen atoms in total. The number of piperidine rings is 1. The molecular formula is C14H17NO2. The number of fused-ring (bicyclic) bond motifs is 1. The zero-order valence-corrected chi connectivity index (χ0v) is 10.1. The second-order valence-electron chi connectivity index (χ2n) is 4.97. The highest BCUT2D eigenvalue weighted by Gasteiger charge is 2.49. The summed E-state index contributed by atoms with van der Waals surface area (Å²) in [6.07, 6.45) is 2.71. The summed E-state index contributed by atoms with van der Waals surface area (Å²) in [4.78, 5) is 14.1. The summed E-state index contributed by atoms with van der Waals surface area (Å²) in [7, 11) is 0. The van der Waals surface area contributed by atoms with Gasteiger partial charge >= 0.3 is 0 Å². The van der Waals surface area contributed by atoms with E-state index < -0.39 is 5.72 Å². The number of benzene rings is 1. The van der Waals surface area contributed by atoms with Crippen molar-refractivity contribution < 1.29 is 9.53 Å². The fraction of sp³-hybridized carbons (Fsp3) is 0.500. The quantitative estimate of drug-likeness (QED) is 0.742. The molecule has 0 unspecified atom stereocenters. The van der Waals surface area contributed by atoms with Crippen LogP contribution in [0.2, 0.25) is 0 Å². The van der Waals surface area contributed by atoms with Gasteiger partial charge in [0.1, 0.15) is 0 Å². The Kier molecular flexibility index (Phi) is 2.44. The Morgan fingerprint density at radius 2 is 2.12 bits per heavy atom. The number of nitrogens with zero attached hydrogens (tertiary/aromatic N) is 1. The van der Waals surface area contributed by atoms with Crippen LogP contribution in [0.4, 0.5) is 0 Å². The lowest BCUT2D eigenvalue weighted by Gasteiger charge is -2.39. The third-order valence-corrected chi connectivity index (χ3v) is 3.89. The van der Waals surface area contributed by atoms with Gasteiger partial charge in [-0.25, -0.2) is 0 Å². The second-order valence-corrected chi connectivity index (χ2v) is 4.97. The van der Waals surface area contributed by atoms with Crippen LogP contribution in [-0.2, 0) is 15.3 Å². The van der Waals surface area contributed by atoms with Crippen LogP contribution in [-0.4, -0.2) is 23.5 Å². The average Bonchev–Trinajstić information content (AvgIpc) is 2.71. The van der Waals surface area contributed by atoms with Crippen LogP contribution in [0.25, 0.3) is 0 Å². The van der Waals surface area contributed by atoms with Crippen LogP contribution in [0.15, 0.2) is 30.3 Å². The first-order valence-electron chi connectivity index (χ1n) is 6.23. The van der Waals surface area contributed by atoms with E-state index in [1.807, 2.05) is 42.2 Å². The van der Waals surface area contributed by atoms with Gasteiger partial charge < -0.3 is 9.64 Å². The molecule has 2 aliphatic heterocycles. The van der Waals surface area contributed by atoms with Gasteiger partial charge in [-0.2, -0.15) is 0 Å². The van der Waals surface area contributed by atoms with Crippen molar-refractivity contribution in [3.63, 3.8) is 0 Å². The fourth-order valence-corrected chi connectivity index (χ4v) is 2.98. The van der Waals surface area contributed by atoms with E-state index in [-0.39, 0.29) is 11.9 Å². The first kappa shape index (κ1) is 10.8. The van der Waals surface area contributed by atoms with E-state index >= 15 is 0 Å². The Hall–Kier alpha value is -1.35. The highest BCUT2D eigenvalue weighted by atomic mass is 16.5. The Bertz CT molecular complexity index is 431. The van der Waals surface area contributed by atoms with E-state index in [9.17, 15) is 4.79 Å². The smallest absolute Gasteiger partial charge is 0.225 e. The largest absolute Gasteiger partial charge is 0.349 e. The monoisotopic (exact) mass is 231 g/mol. The zero-order valence-electron chi connectivity index (χ0n) is 10.1. The highest BCUT2D eigenvalue weighted by molar-refractivity contribution is 5.78. The molecule has 0 aromatic heterocycles. The van der Waals surface area contributed by atoms with Gasteiger partial charge in [0, 0.05) is 12.0 Å². The molecule has 0 bridgehead atoms. The van der Waals surface area contributed by atoms with Crippen LogP contribution in [0.1, 0.15) is 31.7 Å². The molecule has 0 spiro atoms. The van der Waals surface area contributed by atoms with E-state index in [0.29, 0.717) is 13.0 Å². The average molecular weight is 231 g/mol. The summed E-state index contributed by atoms with van der Waals surface area (Å²) in [5.74, 6) is 0.227. The Labute approximate surface area is 101 Å². The lowest BCUT2D eigenvalue weighted by molar-refractivity contribution is -0.153. The van der Waals surface area contributed by atoms with Crippen LogP contribution < -0.4 is 0 Å². The summed E-state index contributed by atoms with van der Waals surface area (Å²) in [6.45, 7) is 2.67. The number of ether oxygens (including phenoxy) is 1. The van der Waals surface area contributed by atoms with Crippen LogP contribution in [0.3, 0.4) is 0 Å². The molecule has 17 heavy (non-hydrogen) atoms. The molecule has 1 aromatic rings. The molecule has 1 aromatic carbocycles. The minimum absolute atomic E-state index is 0.227. The van der Waals surface area contributed by atoms with Crippen molar-refractivity contribution in [2.45, 2.75) is 38.0 Å². The van der Waals surface area contributed by atoms with Gasteiger partial charge in [-0.05, 0) is 19.8 Å². The minimum atomic E-state index is -0.566. The molecule has 2 atom stereocenters. The maximum Gasteiger partial charge on any atom is 0.225 e. The van der Waals surface area contributed by atoms with E-state index in [1.165, 1.54) is 0 Å². The predicted octanol–water partition coefficient (Wildman–Crippen LogP) is 2.27. The Balaban J connectivity index is 2.00. The molecule has 0 aliphatic carbocycles. The molecule has 0 N–H and O–H groups in total. The molecule has 3 heteroatoms. The molecular weight excluding hydrogens is 214 g/mol. The minimum Gasteiger partial charge on any atom is -0.349 e. The number of carbonyl (C=O) groups is 1. The summed E-state index contributed by atoms with van der Waals surface area (Å²) >= 11 is 0. The number of carbonyl (C=O) groups excluding carboxylic acids is 1. The van der Waals surface area contributed by atoms with Crippen molar-refractivity contribution in [3.05, 3.63) is 35.9 Å². The molecule has 2 saturated heterocycles. The van der Waals surface area contributed by atoms with Gasteiger partial charge in [0.15, 0.2) is 5.72 Å². The van der Waals surface area contributed by atoms with Gasteiger partial charge in [-0.1, -0.05) is 30.3 Å². The predicted molar refractivity (Wildman–Crippen MR) is 64.2 cm³/mol. The second kappa shape index (κ2) is 3.84. The van der Waals surface area contributed by atoms with Crippen molar-refractivity contribution in [1.82, 2.24) is 4.90 Å². The molecule has 90 valence electrons. The standard InChI is InChI=1S/C14H17NO2/c1-14(11-6-3-2-4-7-11)15-12(10-17-14)8-5-9-13(15)16/h2-4,6-7,12H,5,8-10H2,1H3/t12-,14-/m0/s1. The molecule has 0 saturated carbocycles. The lowest BCUT2D eigenvalue weighted by Crippen LogP contribution is -2.49. The van der Waals surface area contributed by atoms with Crippen molar-refractivity contribution in [3.8, 4) is 0 Å². The highest BCUT2D eigenvalue weighted by Crippen LogP contribution is 2.40. The fourth-order valence-electron chi connectivity index (χ4n) is 2.98. The third kappa shape index (κ3) is 1.57. The maximum absolute atomic E-state index is 12.1. The van der Waals surface area contributed by atoms with E-state index in [0.717, 1.165) is 18.4 Å². The molecule has 1 amide bonds. The number of hydrogen-bond acceptors (Lipinski definition) is 2. The Morgan fingerprint density at radius 1 is 1.35 bits per heavy atom. The summed E-state index contributed by atoms with van der Waals surface area (Å²) in [5, 5.41) is 0. The first-order valence-corrected chi connectivity index (χ1v) is 6.23. The van der Waals surface area contributed by atoms with E-state index in [4.69, 9.17) is 4.74 Å². The van der Waals surface area contributed by atoms with Crippen LogP contribution in [0.5, 0.6) is 0 Å². The van der Waals surface area contributed by atoms with E-state index in [1.54, 1.807) is 0 Å². The summed E-state index contributed by atoms with van der Waals surface area (Å²) in [6, 6.07) is 10.3. The normalized spacial score (nSPS) is 32.6. The molecule has 0 radical (unpaired) electrons. The van der Waals surface area contributed by atoms with Crippen LogP contribution in [0, 0.1) is 0 Å². The maximum atomic E-state index is 12.1. The summed E-state index contributed by atoms with van der Waals surface area (Å²) < 4.78 is 5.95. The van der Waals surface area contributed by atoms with Gasteiger partial charge in [0.25, 0.3) is 0 Å². The number of amides is 1. The van der Waals surface area contributed by atoms with Crippen molar-refractivity contribution in [2.24, 2.45) is 0 Å². The lowest BCUT2D eigenvalue weighted by atomic mass is 9.97. The summed E-state index contributed by atoms with van der Waals surface area (Å²) in [5.41, 5.74) is 0.501. The topological polar surface area (TPSA) is 29.5 Å². The number of hydrogen-bond donors (Lipinski definition) is 0. The van der Waals surface area contributed by atoms with Crippen LogP contribution >= 0.6 is 0 Å². The van der Waals surface area contributed by atoms with E-state index in [2.05, 4.69) is 0 Å². The zero-order chi connectivity index (χ0) is 11.9. The SMILES string of the molecule is C[C@@]1(c2ccccc2)OC[C@@H]2CCCC(=O)N21. The number of rotatable bonds is 1. The first-order chi connectivity index (χ1) is 8.22. The molecule has 2 heterocycles. The van der Waals surface area contributed by atoms with Gasteiger partial charge in [-0.15, -0.1) is 0 Å². The third-order valence-electron chi connectivity index (χ3n) is 3.89.